The van der Waals surface area contributed by atoms with Crippen molar-refractivity contribution in [1.82, 2.24) is 0 Å². The average Bonchev–Trinajstić information content (AvgIpc) is 2.96. The molecule has 0 saturated carbocycles. The lowest BCUT2D eigenvalue weighted by atomic mass is 9.95. The third-order valence-corrected chi connectivity index (χ3v) is 4.57. The molecule has 1 radical (unpaired) electrons. The molecule has 1 aromatic heterocycles. The molecule has 0 atom stereocenters. The first-order chi connectivity index (χ1) is 8.81. The van der Waals surface area contributed by atoms with Crippen LogP contribution in [0.15, 0.2) is 35.7 Å². The van der Waals surface area contributed by atoms with E-state index in [4.69, 9.17) is 0 Å². The van der Waals surface area contributed by atoms with E-state index in [1.165, 1.54) is 45.9 Å². The molecule has 0 nitrogen and oxygen atoms in total. The van der Waals surface area contributed by atoms with Gasteiger partial charge in [-0.05, 0) is 46.2 Å². The summed E-state index contributed by atoms with van der Waals surface area (Å²) in [6.45, 7) is 4.49. The van der Waals surface area contributed by atoms with Crippen LogP contribution in [0.25, 0.3) is 11.6 Å². The smallest absolute Gasteiger partial charge is 0.0343 e. The number of thiophene rings is 1. The standard InChI is InChI=1S/C17H17S/c1-3-6-13-9-10-18-17(13)16-11-14-7-4-5-8-15(14)12(16)2/h4-5,7-11H,3,6H2,1-2H3. The van der Waals surface area contributed by atoms with Gasteiger partial charge in [0.2, 0.25) is 0 Å². The van der Waals surface area contributed by atoms with Gasteiger partial charge in [-0.1, -0.05) is 44.5 Å². The number of hydrogen-bond donors (Lipinski definition) is 0. The van der Waals surface area contributed by atoms with E-state index in [0.29, 0.717) is 0 Å². The molecule has 18 heavy (non-hydrogen) atoms. The van der Waals surface area contributed by atoms with Crippen molar-refractivity contribution in [2.24, 2.45) is 0 Å². The lowest BCUT2D eigenvalue weighted by Gasteiger charge is -2.11. The van der Waals surface area contributed by atoms with Gasteiger partial charge in [0.15, 0.2) is 0 Å². The Morgan fingerprint density at radius 1 is 1.11 bits per heavy atom. The van der Waals surface area contributed by atoms with Gasteiger partial charge in [-0.15, -0.1) is 11.3 Å². The largest absolute Gasteiger partial charge is 0.144 e. The Balaban J connectivity index is 2.02. The zero-order valence-corrected chi connectivity index (χ0v) is 11.7. The molecule has 1 aliphatic rings. The van der Waals surface area contributed by atoms with Crippen LogP contribution in [0.1, 0.15) is 41.8 Å². The number of allylic oxidation sites excluding steroid dienone is 1. The normalized spacial score (nSPS) is 14.7. The summed E-state index contributed by atoms with van der Waals surface area (Å²) in [5.41, 5.74) is 5.68. The average molecular weight is 253 g/mol. The molecule has 0 fully saturated rings. The summed E-state index contributed by atoms with van der Waals surface area (Å²) < 4.78 is 0. The van der Waals surface area contributed by atoms with Crippen molar-refractivity contribution >= 4 is 23.0 Å². The van der Waals surface area contributed by atoms with E-state index in [2.05, 4.69) is 55.6 Å². The highest BCUT2D eigenvalue weighted by molar-refractivity contribution is 7.11. The Morgan fingerprint density at radius 2 is 1.94 bits per heavy atom. The first kappa shape index (κ1) is 11.7. The number of rotatable bonds is 3. The van der Waals surface area contributed by atoms with Gasteiger partial charge in [-0.2, -0.15) is 0 Å². The summed E-state index contributed by atoms with van der Waals surface area (Å²) in [4.78, 5) is 1.46. The molecule has 0 aliphatic heterocycles. The van der Waals surface area contributed by atoms with Crippen LogP contribution in [0.2, 0.25) is 0 Å². The number of benzene rings is 1. The predicted molar refractivity (Wildman–Crippen MR) is 80.6 cm³/mol. The number of hydrogen-bond acceptors (Lipinski definition) is 1. The zero-order chi connectivity index (χ0) is 12.5. The molecule has 3 rings (SSSR count). The number of aryl methyl sites for hydroxylation is 1. The second-order valence-electron chi connectivity index (χ2n) is 4.80. The fourth-order valence-electron chi connectivity index (χ4n) is 2.65. The highest BCUT2D eigenvalue weighted by atomic mass is 32.1. The Kier molecular flexibility index (Phi) is 3.09. The summed E-state index contributed by atoms with van der Waals surface area (Å²) in [7, 11) is 0. The Morgan fingerprint density at radius 3 is 2.72 bits per heavy atom. The second kappa shape index (κ2) is 4.74. The van der Waals surface area contributed by atoms with Crippen LogP contribution in [0.3, 0.4) is 0 Å². The van der Waals surface area contributed by atoms with E-state index in [1.54, 1.807) is 0 Å². The lowest BCUT2D eigenvalue weighted by Crippen LogP contribution is -1.95. The fraction of sp³-hybridized carbons (Fsp3) is 0.235. The van der Waals surface area contributed by atoms with Crippen molar-refractivity contribution in [3.8, 4) is 0 Å². The Bertz CT molecular complexity index is 589. The summed E-state index contributed by atoms with van der Waals surface area (Å²) in [6.07, 6.45) is 4.73. The maximum Gasteiger partial charge on any atom is 0.0343 e. The van der Waals surface area contributed by atoms with Crippen LogP contribution in [-0.4, -0.2) is 0 Å². The SMILES string of the molecule is CCCc1ccsc1C1=Cc2ccccc2[C]1C. The molecular weight excluding hydrogens is 236 g/mol. The molecule has 1 heterocycles. The molecule has 1 heteroatoms. The molecule has 0 N–H and O–H groups in total. The van der Waals surface area contributed by atoms with Crippen LogP contribution in [0.4, 0.5) is 0 Å². The molecule has 0 spiro atoms. The minimum absolute atomic E-state index is 1.18. The fourth-order valence-corrected chi connectivity index (χ4v) is 3.68. The van der Waals surface area contributed by atoms with Gasteiger partial charge >= 0.3 is 0 Å². The van der Waals surface area contributed by atoms with Crippen LogP contribution in [-0.2, 0) is 6.42 Å². The lowest BCUT2D eigenvalue weighted by molar-refractivity contribution is 0.924. The minimum atomic E-state index is 1.18. The Labute approximate surface area is 113 Å². The first-order valence-corrected chi connectivity index (χ1v) is 7.41. The van der Waals surface area contributed by atoms with Crippen molar-refractivity contribution in [3.05, 3.63) is 63.2 Å². The molecule has 1 aromatic carbocycles. The number of fused-ring (bicyclic) bond motifs is 1. The van der Waals surface area contributed by atoms with Crippen molar-refractivity contribution in [2.75, 3.05) is 0 Å². The van der Waals surface area contributed by atoms with Crippen molar-refractivity contribution < 1.29 is 0 Å². The van der Waals surface area contributed by atoms with Gasteiger partial charge in [0.1, 0.15) is 0 Å². The zero-order valence-electron chi connectivity index (χ0n) is 10.9. The van der Waals surface area contributed by atoms with Gasteiger partial charge in [0.25, 0.3) is 0 Å². The van der Waals surface area contributed by atoms with E-state index < -0.39 is 0 Å². The summed E-state index contributed by atoms with van der Waals surface area (Å²) in [5, 5.41) is 2.22. The predicted octanol–water partition coefficient (Wildman–Crippen LogP) is 5.20. The molecule has 91 valence electrons. The van der Waals surface area contributed by atoms with Gasteiger partial charge in [-0.3, -0.25) is 0 Å². The third kappa shape index (κ3) is 1.83. The maximum atomic E-state index is 2.34. The molecule has 0 amide bonds. The van der Waals surface area contributed by atoms with Gasteiger partial charge < -0.3 is 0 Å². The maximum absolute atomic E-state index is 2.34. The van der Waals surface area contributed by atoms with Crippen molar-refractivity contribution in [3.63, 3.8) is 0 Å². The van der Waals surface area contributed by atoms with Gasteiger partial charge in [0.05, 0.1) is 0 Å². The molecule has 0 saturated heterocycles. The highest BCUT2D eigenvalue weighted by Crippen LogP contribution is 2.43. The molecule has 2 aromatic rings. The van der Waals surface area contributed by atoms with E-state index in [1.807, 2.05) is 11.3 Å². The Hall–Kier alpha value is -1.34. The monoisotopic (exact) mass is 253 g/mol. The summed E-state index contributed by atoms with van der Waals surface area (Å²) in [5.74, 6) is 1.42. The molecule has 0 bridgehead atoms. The van der Waals surface area contributed by atoms with Crippen molar-refractivity contribution in [1.29, 1.82) is 0 Å². The minimum Gasteiger partial charge on any atom is -0.144 e. The van der Waals surface area contributed by atoms with Crippen LogP contribution < -0.4 is 0 Å². The third-order valence-electron chi connectivity index (χ3n) is 3.58. The van der Waals surface area contributed by atoms with Gasteiger partial charge in [0, 0.05) is 10.8 Å². The van der Waals surface area contributed by atoms with Crippen LogP contribution >= 0.6 is 11.3 Å². The van der Waals surface area contributed by atoms with E-state index in [9.17, 15) is 0 Å². The van der Waals surface area contributed by atoms with Crippen LogP contribution in [0, 0.1) is 5.92 Å². The highest BCUT2D eigenvalue weighted by Gasteiger charge is 2.24. The quantitative estimate of drug-likeness (QED) is 0.705. The van der Waals surface area contributed by atoms with Crippen molar-refractivity contribution in [2.45, 2.75) is 26.7 Å². The van der Waals surface area contributed by atoms with Crippen LogP contribution in [0.5, 0.6) is 0 Å². The molecular formula is C17H17S. The van der Waals surface area contributed by atoms with E-state index >= 15 is 0 Å². The van der Waals surface area contributed by atoms with E-state index in [-0.39, 0.29) is 0 Å². The van der Waals surface area contributed by atoms with E-state index in [0.717, 1.165) is 0 Å². The first-order valence-electron chi connectivity index (χ1n) is 6.53. The molecule has 1 aliphatic carbocycles. The summed E-state index contributed by atoms with van der Waals surface area (Å²) in [6, 6.07) is 11.0. The topological polar surface area (TPSA) is 0 Å². The van der Waals surface area contributed by atoms with Gasteiger partial charge in [-0.25, -0.2) is 0 Å². The molecule has 0 unspecified atom stereocenters. The summed E-state index contributed by atoms with van der Waals surface area (Å²) >= 11 is 1.87. The second-order valence-corrected chi connectivity index (χ2v) is 5.71.